The molecule has 0 fully saturated rings. The number of hydrogen-bond donors (Lipinski definition) is 0. The molecule has 2 heteroatoms. The van der Waals surface area contributed by atoms with Gasteiger partial charge in [0.25, 0.3) is 0 Å². The van der Waals surface area contributed by atoms with Gasteiger partial charge in [0, 0.05) is 0 Å². The Hall–Kier alpha value is -0.660. The third-order valence-corrected chi connectivity index (χ3v) is 0.393. The van der Waals surface area contributed by atoms with Gasteiger partial charge in [-0.1, -0.05) is 0 Å². The first-order valence-electron chi connectivity index (χ1n) is 1.41. The van der Waals surface area contributed by atoms with Gasteiger partial charge in [-0.05, 0) is 0 Å². The Kier molecular flexibility index (Phi) is 0.499. The van der Waals surface area contributed by atoms with Crippen molar-refractivity contribution in [2.45, 2.75) is 0 Å². The fourth-order valence-electron chi connectivity index (χ4n) is 0.204. The summed E-state index contributed by atoms with van der Waals surface area (Å²) in [6.07, 6.45) is 4.12. The highest BCUT2D eigenvalue weighted by Crippen LogP contribution is 1.71. The lowest BCUT2D eigenvalue weighted by atomic mass is 10.8. The molecule has 0 N–H and O–H groups in total. The van der Waals surface area contributed by atoms with Gasteiger partial charge in [-0.3, -0.25) is 4.99 Å². The second kappa shape index (κ2) is 0.971. The van der Waals surface area contributed by atoms with Crippen LogP contribution in [0.15, 0.2) is 9.98 Å². The van der Waals surface area contributed by atoms with Crippen molar-refractivity contribution >= 4 is 12.6 Å². The molecule has 1 radical (unpaired) electrons. The highest BCUT2D eigenvalue weighted by molar-refractivity contribution is 5.79. The molecule has 2 nitrogen and oxygen atoms in total. The van der Waals surface area contributed by atoms with Crippen LogP contribution in [0.1, 0.15) is 0 Å². The summed E-state index contributed by atoms with van der Waals surface area (Å²) in [7, 11) is 0. The first kappa shape index (κ1) is 2.57. The van der Waals surface area contributed by atoms with E-state index >= 15 is 0 Å². The minimum Gasteiger partial charge on any atom is -0.267 e. The number of nitrogens with zero attached hydrogens (tertiary/aromatic N) is 2. The van der Waals surface area contributed by atoms with Crippen LogP contribution in [0.5, 0.6) is 0 Å². The normalized spacial score (nSPS) is 17.6. The zero-order valence-corrected chi connectivity index (χ0v) is 2.68. The lowest BCUT2D eigenvalue weighted by Crippen LogP contribution is -1.65. The van der Waals surface area contributed by atoms with E-state index in [0.29, 0.717) is 6.54 Å². The van der Waals surface area contributed by atoms with Crippen molar-refractivity contribution in [2.75, 3.05) is 6.54 Å². The Labute approximate surface area is 30.3 Å². The van der Waals surface area contributed by atoms with Crippen LogP contribution in [0.3, 0.4) is 0 Å². The Balaban J connectivity index is 2.61. The van der Waals surface area contributed by atoms with Gasteiger partial charge in [0.2, 0.25) is 0 Å². The molecule has 0 spiro atoms. The van der Waals surface area contributed by atoms with Crippen LogP contribution in [0.4, 0.5) is 0 Å². The van der Waals surface area contributed by atoms with Crippen LogP contribution in [-0.4, -0.2) is 19.1 Å². The van der Waals surface area contributed by atoms with E-state index in [-0.39, 0.29) is 0 Å². The molecular formula is C3H3N2. The van der Waals surface area contributed by atoms with Gasteiger partial charge in [0.15, 0.2) is 0 Å². The number of rotatable bonds is 0. The van der Waals surface area contributed by atoms with E-state index in [0.717, 1.165) is 0 Å². The predicted molar refractivity (Wildman–Crippen MR) is 20.8 cm³/mol. The van der Waals surface area contributed by atoms with Crippen LogP contribution >= 0.6 is 0 Å². The van der Waals surface area contributed by atoms with E-state index in [4.69, 9.17) is 0 Å². The summed E-state index contributed by atoms with van der Waals surface area (Å²) in [5, 5.41) is 0. The molecular weight excluding hydrogens is 64.0 g/mol. The van der Waals surface area contributed by atoms with Gasteiger partial charge >= 0.3 is 0 Å². The highest BCUT2D eigenvalue weighted by Gasteiger charge is 1.75. The van der Waals surface area contributed by atoms with Crippen LogP contribution in [0, 0.1) is 0 Å². The topological polar surface area (TPSA) is 24.7 Å². The Morgan fingerprint density at radius 2 is 2.80 bits per heavy atom. The van der Waals surface area contributed by atoms with Crippen molar-refractivity contribution in [3.05, 3.63) is 0 Å². The molecule has 0 aromatic rings. The fraction of sp³-hybridized carbons (Fsp3) is 0.333. The summed E-state index contributed by atoms with van der Waals surface area (Å²) >= 11 is 0. The Morgan fingerprint density at radius 3 is 3.00 bits per heavy atom. The van der Waals surface area contributed by atoms with Crippen molar-refractivity contribution in [1.29, 1.82) is 0 Å². The lowest BCUT2D eigenvalue weighted by molar-refractivity contribution is 1.38. The maximum Gasteiger partial charge on any atom is 0.110 e. The van der Waals surface area contributed by atoms with Gasteiger partial charge in [0.05, 0.1) is 12.8 Å². The molecule has 0 aromatic heterocycles. The van der Waals surface area contributed by atoms with Gasteiger partial charge in [-0.2, -0.15) is 0 Å². The van der Waals surface area contributed by atoms with Crippen molar-refractivity contribution in [3.8, 4) is 0 Å². The second-order valence-corrected chi connectivity index (χ2v) is 0.743. The van der Waals surface area contributed by atoms with Crippen molar-refractivity contribution in [2.24, 2.45) is 9.98 Å². The van der Waals surface area contributed by atoms with E-state index < -0.39 is 0 Å². The summed E-state index contributed by atoms with van der Waals surface area (Å²) in [6, 6.07) is 0. The number of aliphatic imine (C=N–C) groups is 2. The molecule has 5 heavy (non-hydrogen) atoms. The first-order valence-corrected chi connectivity index (χ1v) is 1.41. The average molecular weight is 67.1 g/mol. The summed E-state index contributed by atoms with van der Waals surface area (Å²) in [5.41, 5.74) is 0. The van der Waals surface area contributed by atoms with Gasteiger partial charge in [-0.25, -0.2) is 4.99 Å². The SMILES string of the molecule is [C]1=NC=NC1. The molecule has 0 saturated heterocycles. The van der Waals surface area contributed by atoms with Gasteiger partial charge in [-0.15, -0.1) is 0 Å². The van der Waals surface area contributed by atoms with Crippen molar-refractivity contribution in [1.82, 2.24) is 0 Å². The summed E-state index contributed by atoms with van der Waals surface area (Å²) in [5.74, 6) is 0. The maximum absolute atomic E-state index is 3.68. The molecule has 1 aliphatic rings. The second-order valence-electron chi connectivity index (χ2n) is 0.743. The van der Waals surface area contributed by atoms with Crippen molar-refractivity contribution in [3.63, 3.8) is 0 Å². The predicted octanol–water partition coefficient (Wildman–Crippen LogP) is -0.0239. The summed E-state index contributed by atoms with van der Waals surface area (Å²) in [6.45, 7) is 0.653. The molecule has 1 aliphatic heterocycles. The zero-order valence-electron chi connectivity index (χ0n) is 2.68. The van der Waals surface area contributed by atoms with Gasteiger partial charge in [0.1, 0.15) is 6.34 Å². The standard InChI is InChI=1S/C3H3N2/c1-2-5-3-4-1/h3H,1H2. The monoisotopic (exact) mass is 67.0 g/mol. The zero-order chi connectivity index (χ0) is 3.54. The Morgan fingerprint density at radius 1 is 1.80 bits per heavy atom. The molecule has 0 aliphatic carbocycles. The highest BCUT2D eigenvalue weighted by atomic mass is 14.9. The lowest BCUT2D eigenvalue weighted by Gasteiger charge is -1.55. The molecule has 0 unspecified atom stereocenters. The van der Waals surface area contributed by atoms with Crippen LogP contribution in [0.2, 0.25) is 0 Å². The van der Waals surface area contributed by atoms with Crippen LogP contribution in [-0.2, 0) is 0 Å². The molecule has 0 aromatic carbocycles. The van der Waals surface area contributed by atoms with Crippen molar-refractivity contribution < 1.29 is 0 Å². The third kappa shape index (κ3) is 0.318. The maximum atomic E-state index is 3.68. The van der Waals surface area contributed by atoms with E-state index in [9.17, 15) is 0 Å². The minimum atomic E-state index is 0.653. The molecule has 1 heterocycles. The molecule has 1 rings (SSSR count). The van der Waals surface area contributed by atoms with Crippen LogP contribution < -0.4 is 0 Å². The van der Waals surface area contributed by atoms with E-state index in [1.807, 2.05) is 0 Å². The third-order valence-electron chi connectivity index (χ3n) is 0.393. The molecule has 25 valence electrons. The fourth-order valence-corrected chi connectivity index (χ4v) is 0.204. The summed E-state index contributed by atoms with van der Waals surface area (Å²) in [4.78, 5) is 7.22. The van der Waals surface area contributed by atoms with E-state index in [1.165, 1.54) is 6.34 Å². The largest absolute Gasteiger partial charge is 0.267 e. The smallest absolute Gasteiger partial charge is 0.110 e. The quantitative estimate of drug-likeness (QED) is 0.380. The van der Waals surface area contributed by atoms with Crippen LogP contribution in [0.25, 0.3) is 0 Å². The molecule has 0 atom stereocenters. The Bertz CT molecular complexity index is 63.0. The molecule has 0 saturated carbocycles. The molecule has 0 bridgehead atoms. The van der Waals surface area contributed by atoms with Gasteiger partial charge < -0.3 is 0 Å². The summed E-state index contributed by atoms with van der Waals surface area (Å²) < 4.78 is 0. The number of hydrogen-bond acceptors (Lipinski definition) is 2. The molecule has 0 amide bonds. The average Bonchev–Trinajstić information content (AvgIpc) is 1.76. The first-order chi connectivity index (χ1) is 2.50. The van der Waals surface area contributed by atoms with E-state index in [2.05, 4.69) is 16.2 Å². The van der Waals surface area contributed by atoms with E-state index in [1.54, 1.807) is 0 Å². The minimum absolute atomic E-state index is 0.653.